The molecule has 0 aromatic carbocycles. The lowest BCUT2D eigenvalue weighted by atomic mass is 10.2. The highest BCUT2D eigenvalue weighted by atomic mass is 19.3. The molecule has 1 unspecified atom stereocenters. The molecule has 0 saturated carbocycles. The molecule has 1 fully saturated rings. The minimum atomic E-state index is -2.59. The minimum Gasteiger partial charge on any atom is -0.345 e. The fourth-order valence-corrected chi connectivity index (χ4v) is 1.52. The summed E-state index contributed by atoms with van der Waals surface area (Å²) in [4.78, 5) is 6.96. The Morgan fingerprint density at radius 2 is 2.38 bits per heavy atom. The number of hydrogen-bond donors (Lipinski definition) is 2. The smallest absolute Gasteiger partial charge is 0.262 e. The molecule has 13 heavy (non-hydrogen) atoms. The quantitative estimate of drug-likeness (QED) is 0.697. The average Bonchev–Trinajstić information content (AvgIpc) is 2.56. The van der Waals surface area contributed by atoms with Crippen LogP contribution in [0.4, 0.5) is 8.78 Å². The van der Waals surface area contributed by atoms with Crippen LogP contribution < -0.4 is 5.32 Å². The van der Waals surface area contributed by atoms with Crippen LogP contribution >= 0.6 is 0 Å². The van der Waals surface area contributed by atoms with Crippen molar-refractivity contribution in [3.8, 4) is 0 Å². The number of nitrogens with one attached hydrogen (secondary N) is 2. The zero-order valence-corrected chi connectivity index (χ0v) is 7.27. The SMILES string of the molecule is Cc1cnc(C2CC(F)(F)CN2)[nH]1. The van der Waals surface area contributed by atoms with E-state index in [1.54, 1.807) is 6.20 Å². The van der Waals surface area contributed by atoms with Crippen molar-refractivity contribution in [2.24, 2.45) is 0 Å². The number of rotatable bonds is 1. The van der Waals surface area contributed by atoms with E-state index in [-0.39, 0.29) is 19.0 Å². The molecule has 0 bridgehead atoms. The Hall–Kier alpha value is -0.970. The van der Waals surface area contributed by atoms with Crippen LogP contribution in [0.5, 0.6) is 0 Å². The van der Waals surface area contributed by atoms with Gasteiger partial charge in [0, 0.05) is 18.3 Å². The van der Waals surface area contributed by atoms with Gasteiger partial charge < -0.3 is 10.3 Å². The van der Waals surface area contributed by atoms with E-state index in [1.807, 2.05) is 6.92 Å². The first kappa shape index (κ1) is 8.62. The van der Waals surface area contributed by atoms with Crippen LogP contribution in [-0.2, 0) is 0 Å². The predicted octanol–water partition coefficient (Wildman–Crippen LogP) is 1.39. The third-order valence-electron chi connectivity index (χ3n) is 2.16. The van der Waals surface area contributed by atoms with Crippen molar-refractivity contribution in [2.75, 3.05) is 6.54 Å². The zero-order valence-electron chi connectivity index (χ0n) is 7.27. The molecule has 1 saturated heterocycles. The summed E-state index contributed by atoms with van der Waals surface area (Å²) in [5.41, 5.74) is 0.895. The van der Waals surface area contributed by atoms with Crippen molar-refractivity contribution < 1.29 is 8.78 Å². The zero-order chi connectivity index (χ0) is 9.47. The van der Waals surface area contributed by atoms with Crippen molar-refractivity contribution in [3.63, 3.8) is 0 Å². The Balaban J connectivity index is 2.12. The second-order valence-corrected chi connectivity index (χ2v) is 3.45. The lowest BCUT2D eigenvalue weighted by molar-refractivity contribution is 0.0208. The van der Waals surface area contributed by atoms with Crippen molar-refractivity contribution in [1.82, 2.24) is 15.3 Å². The molecule has 0 aliphatic carbocycles. The second kappa shape index (κ2) is 2.77. The van der Waals surface area contributed by atoms with Crippen LogP contribution in [0.25, 0.3) is 0 Å². The number of halogens is 2. The highest BCUT2D eigenvalue weighted by Gasteiger charge is 2.40. The van der Waals surface area contributed by atoms with Gasteiger partial charge in [0.15, 0.2) is 0 Å². The normalized spacial score (nSPS) is 26.5. The number of aryl methyl sites for hydroxylation is 1. The Bertz CT molecular complexity index is 308. The minimum absolute atomic E-state index is 0.167. The fraction of sp³-hybridized carbons (Fsp3) is 0.625. The lowest BCUT2D eigenvalue weighted by Gasteiger charge is -2.06. The van der Waals surface area contributed by atoms with Gasteiger partial charge in [-0.3, -0.25) is 0 Å². The molecule has 1 aliphatic rings. The molecule has 1 atom stereocenters. The molecule has 1 aromatic rings. The van der Waals surface area contributed by atoms with Crippen LogP contribution in [0, 0.1) is 6.92 Å². The van der Waals surface area contributed by atoms with E-state index in [0.717, 1.165) is 5.69 Å². The third-order valence-corrected chi connectivity index (χ3v) is 2.16. The molecule has 5 heteroatoms. The summed E-state index contributed by atoms with van der Waals surface area (Å²) in [6.07, 6.45) is 1.48. The molecule has 2 N–H and O–H groups in total. The van der Waals surface area contributed by atoms with Gasteiger partial charge in [0.25, 0.3) is 5.92 Å². The van der Waals surface area contributed by atoms with Crippen LogP contribution in [0.15, 0.2) is 6.20 Å². The van der Waals surface area contributed by atoms with Crippen molar-refractivity contribution >= 4 is 0 Å². The van der Waals surface area contributed by atoms with Gasteiger partial charge in [-0.1, -0.05) is 0 Å². The van der Waals surface area contributed by atoms with Crippen molar-refractivity contribution in [2.45, 2.75) is 25.3 Å². The largest absolute Gasteiger partial charge is 0.345 e. The number of aromatic nitrogens is 2. The van der Waals surface area contributed by atoms with Crippen LogP contribution in [0.1, 0.15) is 24.0 Å². The summed E-state index contributed by atoms with van der Waals surface area (Å²) in [6, 6.07) is -0.330. The maximum absolute atomic E-state index is 12.8. The van der Waals surface area contributed by atoms with Gasteiger partial charge in [0.1, 0.15) is 5.82 Å². The summed E-state index contributed by atoms with van der Waals surface area (Å²) in [5.74, 6) is -1.99. The Morgan fingerprint density at radius 1 is 1.62 bits per heavy atom. The summed E-state index contributed by atoms with van der Waals surface area (Å²) < 4.78 is 25.6. The average molecular weight is 187 g/mol. The highest BCUT2D eigenvalue weighted by Crippen LogP contribution is 2.32. The van der Waals surface area contributed by atoms with Crippen LogP contribution in [0.3, 0.4) is 0 Å². The van der Waals surface area contributed by atoms with E-state index < -0.39 is 5.92 Å². The molecule has 2 rings (SSSR count). The summed E-state index contributed by atoms with van der Waals surface area (Å²) in [6.45, 7) is 1.60. The van der Waals surface area contributed by atoms with Crippen molar-refractivity contribution in [1.29, 1.82) is 0 Å². The molecule has 2 heterocycles. The van der Waals surface area contributed by atoms with E-state index >= 15 is 0 Å². The number of H-pyrrole nitrogens is 1. The van der Waals surface area contributed by atoms with Crippen LogP contribution in [-0.4, -0.2) is 22.4 Å². The van der Waals surface area contributed by atoms with Gasteiger partial charge in [-0.05, 0) is 6.92 Å². The Labute approximate surface area is 74.6 Å². The summed E-state index contributed by atoms with van der Waals surface area (Å²) in [7, 11) is 0. The molecule has 0 radical (unpaired) electrons. The van der Waals surface area contributed by atoms with E-state index in [2.05, 4.69) is 15.3 Å². The number of alkyl halides is 2. The van der Waals surface area contributed by atoms with E-state index in [4.69, 9.17) is 0 Å². The van der Waals surface area contributed by atoms with E-state index in [9.17, 15) is 8.78 Å². The van der Waals surface area contributed by atoms with Gasteiger partial charge in [-0.15, -0.1) is 0 Å². The first-order valence-electron chi connectivity index (χ1n) is 4.19. The lowest BCUT2D eigenvalue weighted by Crippen LogP contribution is -2.19. The molecule has 3 nitrogen and oxygen atoms in total. The number of hydrogen-bond acceptors (Lipinski definition) is 2. The monoisotopic (exact) mass is 187 g/mol. The topological polar surface area (TPSA) is 40.7 Å². The Morgan fingerprint density at radius 3 is 2.85 bits per heavy atom. The second-order valence-electron chi connectivity index (χ2n) is 3.45. The van der Waals surface area contributed by atoms with Gasteiger partial charge in [-0.2, -0.15) is 0 Å². The van der Waals surface area contributed by atoms with Gasteiger partial charge >= 0.3 is 0 Å². The highest BCUT2D eigenvalue weighted by molar-refractivity contribution is 5.06. The standard InChI is InChI=1S/C8H11F2N3/c1-5-3-11-7(13-5)6-2-8(9,10)4-12-6/h3,6,12H,2,4H2,1H3,(H,11,13). The maximum Gasteiger partial charge on any atom is 0.262 e. The third kappa shape index (κ3) is 1.70. The maximum atomic E-state index is 12.8. The van der Waals surface area contributed by atoms with Gasteiger partial charge in [0.2, 0.25) is 0 Å². The molecular weight excluding hydrogens is 176 g/mol. The number of imidazole rings is 1. The van der Waals surface area contributed by atoms with Crippen molar-refractivity contribution in [3.05, 3.63) is 17.7 Å². The van der Waals surface area contributed by atoms with E-state index in [0.29, 0.717) is 5.82 Å². The molecular formula is C8H11F2N3. The van der Waals surface area contributed by atoms with Crippen LogP contribution in [0.2, 0.25) is 0 Å². The van der Waals surface area contributed by atoms with Gasteiger partial charge in [-0.25, -0.2) is 13.8 Å². The van der Waals surface area contributed by atoms with E-state index in [1.165, 1.54) is 0 Å². The fourth-order valence-electron chi connectivity index (χ4n) is 1.52. The predicted molar refractivity (Wildman–Crippen MR) is 43.6 cm³/mol. The first-order chi connectivity index (χ1) is 6.07. The summed E-state index contributed by atoms with van der Waals surface area (Å²) >= 11 is 0. The molecule has 1 aromatic heterocycles. The molecule has 0 spiro atoms. The summed E-state index contributed by atoms with van der Waals surface area (Å²) in [5, 5.41) is 2.73. The molecule has 1 aliphatic heterocycles. The molecule has 0 amide bonds. The first-order valence-corrected chi connectivity index (χ1v) is 4.19. The number of nitrogens with zero attached hydrogens (tertiary/aromatic N) is 1. The Kier molecular flexibility index (Phi) is 1.83. The molecule has 72 valence electrons. The number of aromatic amines is 1. The van der Waals surface area contributed by atoms with Gasteiger partial charge in [0.05, 0.1) is 12.6 Å².